The van der Waals surface area contributed by atoms with Crippen LogP contribution in [0.3, 0.4) is 0 Å². The Bertz CT molecular complexity index is 720. The highest BCUT2D eigenvalue weighted by Crippen LogP contribution is 2.25. The largest absolute Gasteiger partial charge is 0.469 e. The Balaban J connectivity index is 1.66. The fourth-order valence-corrected chi connectivity index (χ4v) is 5.30. The molecule has 2 fully saturated rings. The Morgan fingerprint density at radius 2 is 2.11 bits per heavy atom. The fraction of sp³-hybridized carbons (Fsp3) is 0.750. The van der Waals surface area contributed by atoms with Crippen molar-refractivity contribution in [1.29, 1.82) is 0 Å². The molecule has 0 spiro atoms. The van der Waals surface area contributed by atoms with Gasteiger partial charge in [-0.3, -0.25) is 4.99 Å². The van der Waals surface area contributed by atoms with Gasteiger partial charge >= 0.3 is 0 Å². The van der Waals surface area contributed by atoms with Crippen LogP contribution in [-0.2, 0) is 16.3 Å². The van der Waals surface area contributed by atoms with Crippen molar-refractivity contribution in [2.45, 2.75) is 57.1 Å². The summed E-state index contributed by atoms with van der Waals surface area (Å²) in [4.78, 5) is 7.03. The van der Waals surface area contributed by atoms with E-state index in [0.717, 1.165) is 31.2 Å². The van der Waals surface area contributed by atoms with E-state index >= 15 is 0 Å². The molecule has 7 heteroatoms. The second-order valence-corrected chi connectivity index (χ2v) is 11.2. The van der Waals surface area contributed by atoms with E-state index in [1.165, 1.54) is 32.1 Å². The number of hydrogen-bond acceptors (Lipinski definition) is 4. The first-order valence-electron chi connectivity index (χ1n) is 10.2. The number of guanidine groups is 1. The molecule has 6 nitrogen and oxygen atoms in total. The van der Waals surface area contributed by atoms with E-state index in [1.807, 2.05) is 26.0 Å². The topological polar surface area (TPSA) is 74.9 Å². The Morgan fingerprint density at radius 3 is 2.78 bits per heavy atom. The molecule has 0 radical (unpaired) electrons. The van der Waals surface area contributed by atoms with Crippen LogP contribution in [-0.4, -0.2) is 56.0 Å². The van der Waals surface area contributed by atoms with Crippen LogP contribution in [0, 0.1) is 5.92 Å². The van der Waals surface area contributed by atoms with E-state index < -0.39 is 14.6 Å². The van der Waals surface area contributed by atoms with E-state index in [2.05, 4.69) is 10.2 Å². The minimum Gasteiger partial charge on any atom is -0.469 e. The molecule has 0 unspecified atom stereocenters. The van der Waals surface area contributed by atoms with Gasteiger partial charge in [0, 0.05) is 32.6 Å². The highest BCUT2D eigenvalue weighted by atomic mass is 32.2. The van der Waals surface area contributed by atoms with Crippen LogP contribution in [0.4, 0.5) is 0 Å². The summed E-state index contributed by atoms with van der Waals surface area (Å²) in [5, 5.41) is 3.45. The second-order valence-electron chi connectivity index (χ2n) is 8.42. The third-order valence-electron chi connectivity index (χ3n) is 5.80. The smallest absolute Gasteiger partial charge is 0.194 e. The molecule has 1 saturated heterocycles. The Labute approximate surface area is 163 Å². The van der Waals surface area contributed by atoms with Crippen molar-refractivity contribution < 1.29 is 12.8 Å². The van der Waals surface area contributed by atoms with E-state index in [0.29, 0.717) is 19.0 Å². The molecule has 1 aromatic heterocycles. The van der Waals surface area contributed by atoms with Gasteiger partial charge in [-0.2, -0.15) is 0 Å². The van der Waals surface area contributed by atoms with Crippen molar-refractivity contribution in [3.05, 3.63) is 24.2 Å². The van der Waals surface area contributed by atoms with Gasteiger partial charge in [-0.25, -0.2) is 8.42 Å². The summed E-state index contributed by atoms with van der Waals surface area (Å²) in [6.07, 6.45) is 8.92. The number of nitrogens with zero attached hydrogens (tertiary/aromatic N) is 2. The Hall–Kier alpha value is -1.50. The summed E-state index contributed by atoms with van der Waals surface area (Å²) >= 11 is 0. The van der Waals surface area contributed by atoms with Crippen LogP contribution in [0.15, 0.2) is 27.8 Å². The van der Waals surface area contributed by atoms with Gasteiger partial charge in [-0.1, -0.05) is 19.3 Å². The van der Waals surface area contributed by atoms with Gasteiger partial charge in [-0.15, -0.1) is 0 Å². The Kier molecular flexibility index (Phi) is 6.50. The predicted octanol–water partition coefficient (Wildman–Crippen LogP) is 2.86. The molecule has 1 N–H and O–H groups in total. The molecule has 27 heavy (non-hydrogen) atoms. The average Bonchev–Trinajstić information content (AvgIpc) is 3.15. The zero-order valence-corrected chi connectivity index (χ0v) is 17.4. The van der Waals surface area contributed by atoms with Crippen LogP contribution in [0.2, 0.25) is 0 Å². The summed E-state index contributed by atoms with van der Waals surface area (Å²) in [5.41, 5.74) is 0. The zero-order chi connectivity index (χ0) is 19.3. The maximum atomic E-state index is 12.3. The van der Waals surface area contributed by atoms with Gasteiger partial charge < -0.3 is 14.6 Å². The second kappa shape index (κ2) is 8.67. The minimum absolute atomic E-state index is 0.183. The monoisotopic (exact) mass is 395 g/mol. The van der Waals surface area contributed by atoms with Crippen LogP contribution in [0.5, 0.6) is 0 Å². The van der Waals surface area contributed by atoms with Gasteiger partial charge in [0.25, 0.3) is 0 Å². The molecule has 1 aliphatic carbocycles. The maximum Gasteiger partial charge on any atom is 0.194 e. The number of aliphatic imine (C=N–C) groups is 1. The van der Waals surface area contributed by atoms with Crippen molar-refractivity contribution in [3.63, 3.8) is 0 Å². The standard InChI is InChI=1S/C20H33N3O3S/c1-20(2)16-23(12-14-27(20,24)25)19(21-11-10-18-9-6-13-26-18)22-15-17-7-4-3-5-8-17/h6,9,13,17H,3-5,7-8,10-12,14-16H2,1-2H3,(H,21,22). The zero-order valence-electron chi connectivity index (χ0n) is 16.6. The van der Waals surface area contributed by atoms with Crippen LogP contribution < -0.4 is 5.32 Å². The normalized spacial score (nSPS) is 23.3. The maximum absolute atomic E-state index is 12.3. The van der Waals surface area contributed by atoms with Crippen molar-refractivity contribution in [2.75, 3.05) is 31.9 Å². The lowest BCUT2D eigenvalue weighted by Gasteiger charge is -2.39. The quantitative estimate of drug-likeness (QED) is 0.613. The number of hydrogen-bond donors (Lipinski definition) is 1. The first-order chi connectivity index (χ1) is 12.9. The third kappa shape index (κ3) is 5.27. The van der Waals surface area contributed by atoms with E-state index in [1.54, 1.807) is 6.26 Å². The molecule has 1 saturated carbocycles. The molecule has 1 aliphatic heterocycles. The van der Waals surface area contributed by atoms with Crippen LogP contribution in [0.25, 0.3) is 0 Å². The lowest BCUT2D eigenvalue weighted by Crippen LogP contribution is -2.57. The van der Waals surface area contributed by atoms with Crippen molar-refractivity contribution in [2.24, 2.45) is 10.9 Å². The number of sulfone groups is 1. The van der Waals surface area contributed by atoms with Crippen LogP contribution in [0.1, 0.15) is 51.7 Å². The summed E-state index contributed by atoms with van der Waals surface area (Å²) in [6, 6.07) is 3.86. The minimum atomic E-state index is -3.06. The van der Waals surface area contributed by atoms with Gasteiger partial charge in [-0.05, 0) is 44.7 Å². The van der Waals surface area contributed by atoms with Gasteiger partial charge in [0.15, 0.2) is 15.8 Å². The Morgan fingerprint density at radius 1 is 1.33 bits per heavy atom. The van der Waals surface area contributed by atoms with E-state index in [-0.39, 0.29) is 5.75 Å². The molecule has 0 bridgehead atoms. The predicted molar refractivity (Wildman–Crippen MR) is 109 cm³/mol. The molecule has 152 valence electrons. The van der Waals surface area contributed by atoms with Crippen LogP contribution >= 0.6 is 0 Å². The van der Waals surface area contributed by atoms with Gasteiger partial charge in [0.2, 0.25) is 0 Å². The lowest BCUT2D eigenvalue weighted by atomic mass is 9.89. The molecule has 3 rings (SSSR count). The molecule has 2 heterocycles. The molecule has 2 aliphatic rings. The van der Waals surface area contributed by atoms with Gasteiger partial charge in [0.1, 0.15) is 5.76 Å². The fourth-order valence-electron chi connectivity index (χ4n) is 3.93. The van der Waals surface area contributed by atoms with E-state index in [9.17, 15) is 8.42 Å². The summed E-state index contributed by atoms with van der Waals surface area (Å²) in [7, 11) is -3.06. The van der Waals surface area contributed by atoms with Gasteiger partial charge in [0.05, 0.1) is 16.8 Å². The average molecular weight is 396 g/mol. The number of nitrogens with one attached hydrogen (secondary N) is 1. The van der Waals surface area contributed by atoms with Crippen molar-refractivity contribution >= 4 is 15.8 Å². The molecule has 0 atom stereocenters. The first kappa shape index (κ1) is 20.2. The van der Waals surface area contributed by atoms with Crippen molar-refractivity contribution in [1.82, 2.24) is 10.2 Å². The SMILES string of the molecule is CC1(C)CN(C(=NCC2CCCCC2)NCCc2ccco2)CCS1(=O)=O. The molecule has 0 aromatic carbocycles. The molecular weight excluding hydrogens is 362 g/mol. The highest BCUT2D eigenvalue weighted by molar-refractivity contribution is 7.92. The molecule has 1 aromatic rings. The highest BCUT2D eigenvalue weighted by Gasteiger charge is 2.41. The first-order valence-corrected chi connectivity index (χ1v) is 11.8. The third-order valence-corrected chi connectivity index (χ3v) is 8.33. The lowest BCUT2D eigenvalue weighted by molar-refractivity contribution is 0.343. The molecular formula is C20H33N3O3S. The van der Waals surface area contributed by atoms with E-state index in [4.69, 9.17) is 9.41 Å². The molecule has 0 amide bonds. The summed E-state index contributed by atoms with van der Waals surface area (Å²) in [5.74, 6) is 2.62. The number of furan rings is 1. The summed E-state index contributed by atoms with van der Waals surface area (Å²) < 4.78 is 29.3. The van der Waals surface area contributed by atoms with Crippen molar-refractivity contribution in [3.8, 4) is 0 Å². The summed E-state index contributed by atoms with van der Waals surface area (Å²) in [6.45, 7) is 6.16. The number of rotatable bonds is 5.